The van der Waals surface area contributed by atoms with Gasteiger partial charge in [-0.05, 0) is 55.3 Å². The van der Waals surface area contributed by atoms with E-state index >= 15 is 0 Å². The van der Waals surface area contributed by atoms with Gasteiger partial charge in [-0.15, -0.1) is 70.8 Å². The molecule has 63 heavy (non-hydrogen) atoms. The number of rotatable bonds is 7. The predicted molar refractivity (Wildman–Crippen MR) is 235 cm³/mol. The molecule has 0 amide bonds. The molecule has 6 aromatic carbocycles. The first-order valence-electron chi connectivity index (χ1n) is 20.2. The maximum atomic E-state index is 6.61. The molecule has 0 bridgehead atoms. The van der Waals surface area contributed by atoms with Gasteiger partial charge in [0.15, 0.2) is 0 Å². The summed E-state index contributed by atoms with van der Waals surface area (Å²) in [6, 6.07) is 61.5. The molecule has 0 saturated heterocycles. The molecule has 0 fully saturated rings. The Bertz CT molecular complexity index is 3160. The van der Waals surface area contributed by atoms with Crippen molar-refractivity contribution in [1.82, 2.24) is 24.5 Å². The number of hydrogen-bond donors (Lipinski definition) is 0. The summed E-state index contributed by atoms with van der Waals surface area (Å²) in [7, 11) is 0. The summed E-state index contributed by atoms with van der Waals surface area (Å²) >= 11 is 0. The van der Waals surface area contributed by atoms with Crippen LogP contribution in [0.2, 0.25) is 0 Å². The van der Waals surface area contributed by atoms with E-state index in [4.69, 9.17) is 19.4 Å². The molecule has 2 unspecified atom stereocenters. The fraction of sp³-hybridized carbons (Fsp3) is 0.0741. The van der Waals surface area contributed by atoms with Crippen molar-refractivity contribution < 1.29 is 51.6 Å². The van der Waals surface area contributed by atoms with Crippen LogP contribution in [0.25, 0.3) is 50.0 Å². The van der Waals surface area contributed by atoms with Crippen molar-refractivity contribution in [1.29, 1.82) is 0 Å². The fourth-order valence-electron chi connectivity index (χ4n) is 9.52. The largest absolute Gasteiger partial charge is 2.00 e. The van der Waals surface area contributed by atoms with E-state index in [9.17, 15) is 0 Å². The maximum Gasteiger partial charge on any atom is 2.00 e. The molecule has 2 aliphatic rings. The molecule has 2 atom stereocenters. The van der Waals surface area contributed by atoms with Crippen LogP contribution >= 0.6 is 0 Å². The summed E-state index contributed by atoms with van der Waals surface area (Å²) in [5.74, 6) is 2.70. The summed E-state index contributed by atoms with van der Waals surface area (Å²) in [4.78, 5) is 18.9. The Morgan fingerprint density at radius 2 is 0.825 bits per heavy atom. The minimum absolute atomic E-state index is 0. The number of pyridine rings is 2. The van der Waals surface area contributed by atoms with Gasteiger partial charge >= 0.3 is 42.1 Å². The van der Waals surface area contributed by atoms with Crippen molar-refractivity contribution >= 4 is 21.8 Å². The summed E-state index contributed by atoms with van der Waals surface area (Å²) < 4.78 is 15.2. The van der Waals surface area contributed by atoms with E-state index in [1.165, 1.54) is 22.3 Å². The van der Waals surface area contributed by atoms with E-state index in [0.717, 1.165) is 55.4 Å². The van der Waals surface area contributed by atoms with Crippen molar-refractivity contribution in [2.24, 2.45) is 0 Å². The monoisotopic (exact) mass is 1170 g/mol. The van der Waals surface area contributed by atoms with Crippen LogP contribution in [-0.2, 0) is 53.0 Å². The number of benzene rings is 6. The van der Waals surface area contributed by atoms with Gasteiger partial charge in [0, 0.05) is 58.6 Å². The van der Waals surface area contributed by atoms with Crippen LogP contribution in [0.3, 0.4) is 0 Å². The van der Waals surface area contributed by atoms with Crippen molar-refractivity contribution in [3.05, 3.63) is 222 Å². The second-order valence-corrected chi connectivity index (χ2v) is 15.8. The third-order valence-corrected chi connectivity index (χ3v) is 12.4. The average molecular weight is 1170 g/mol. The zero-order valence-corrected chi connectivity index (χ0v) is 38.3. The molecule has 4 heterocycles. The molecule has 2 aliphatic carbocycles. The Labute approximate surface area is 393 Å². The summed E-state index contributed by atoms with van der Waals surface area (Å²) in [6.07, 6.45) is 7.15. The first kappa shape index (κ1) is 40.5. The molecule has 10 aromatic rings. The number of nitrogens with zero attached hydrogens (tertiary/aromatic N) is 5. The summed E-state index contributed by atoms with van der Waals surface area (Å²) in [5.41, 5.74) is 11.4. The molecule has 7 nitrogen and oxygen atoms in total. The zero-order chi connectivity index (χ0) is 40.7. The standard InChI is InChI=1S/C54H33N5O2.2Pt/c1-53(50-16-7-9-26-55-50)44-14-5-3-12-38(44)40-22-18-34(30-46(40)53)60-36-20-24-42-43-25-21-37(33-49(43)59(48(42)32-36)52-57-28-11-29-58-52)61-35-19-23-41-39-13-4-6-15-45(39)54(2,47(41)31-35)51-17-8-10-27-56-51;;/h3-29H,1-2H3;;/q-4;2*+2. The fourth-order valence-corrected chi connectivity index (χ4v) is 9.52. The summed E-state index contributed by atoms with van der Waals surface area (Å²) in [5, 5.41) is 1.89. The molecule has 9 heteroatoms. The van der Waals surface area contributed by atoms with Crippen molar-refractivity contribution in [2.45, 2.75) is 24.7 Å². The van der Waals surface area contributed by atoms with E-state index in [-0.39, 0.29) is 42.1 Å². The smallest absolute Gasteiger partial charge is 0.509 e. The van der Waals surface area contributed by atoms with Crippen LogP contribution in [0.15, 0.2) is 164 Å². The molecule has 12 rings (SSSR count). The second kappa shape index (κ2) is 15.7. The van der Waals surface area contributed by atoms with Gasteiger partial charge in [-0.2, -0.15) is 35.0 Å². The van der Waals surface area contributed by atoms with Crippen LogP contribution in [0.5, 0.6) is 23.0 Å². The third-order valence-electron chi connectivity index (χ3n) is 12.4. The van der Waals surface area contributed by atoms with Crippen LogP contribution in [0, 0.1) is 24.3 Å². The van der Waals surface area contributed by atoms with Crippen molar-refractivity contribution in [3.8, 4) is 51.2 Å². The molecule has 0 radical (unpaired) electrons. The molecule has 0 N–H and O–H groups in total. The Morgan fingerprint density at radius 1 is 0.413 bits per heavy atom. The SMILES string of the molecule is CC1(c2ccccn2)c2[c-]c(Oc3[c-]c4c(cc3)c3ccc(Oc5[c-]c6c(cc5)-c5ccccc5C6(C)c5ccccn5)[c-]c3n4-c3ncccn3)ccc2-c2ccccc21.[Pt+2].[Pt+2]. The zero-order valence-electron chi connectivity index (χ0n) is 33.8. The van der Waals surface area contributed by atoms with Crippen LogP contribution in [-0.4, -0.2) is 24.5 Å². The number of ether oxygens (including phenoxy) is 2. The Kier molecular flexibility index (Phi) is 10.1. The van der Waals surface area contributed by atoms with Crippen molar-refractivity contribution in [2.75, 3.05) is 0 Å². The first-order valence-corrected chi connectivity index (χ1v) is 20.2. The van der Waals surface area contributed by atoms with Gasteiger partial charge in [0.25, 0.3) is 0 Å². The van der Waals surface area contributed by atoms with Crippen LogP contribution in [0.4, 0.5) is 0 Å². The third kappa shape index (κ3) is 6.24. The van der Waals surface area contributed by atoms with Gasteiger partial charge in [0.05, 0.1) is 11.4 Å². The minimum atomic E-state index is -0.506. The number of fused-ring (bicyclic) bond motifs is 9. The van der Waals surface area contributed by atoms with Crippen LogP contribution < -0.4 is 9.47 Å². The predicted octanol–water partition coefficient (Wildman–Crippen LogP) is 11.8. The summed E-state index contributed by atoms with van der Waals surface area (Å²) in [6.45, 7) is 4.43. The van der Waals surface area contributed by atoms with E-state index in [2.05, 4.69) is 121 Å². The number of hydrogen-bond acceptors (Lipinski definition) is 6. The van der Waals surface area contributed by atoms with E-state index in [0.29, 0.717) is 28.9 Å². The molecule has 0 aliphatic heterocycles. The van der Waals surface area contributed by atoms with Gasteiger partial charge in [-0.1, -0.05) is 82.8 Å². The van der Waals surface area contributed by atoms with Gasteiger partial charge < -0.3 is 14.0 Å². The quantitative estimate of drug-likeness (QED) is 0.148. The van der Waals surface area contributed by atoms with Crippen molar-refractivity contribution in [3.63, 3.8) is 0 Å². The molecular formula is C54H33N5O2Pt2. The normalized spacial score (nSPS) is 16.6. The topological polar surface area (TPSA) is 75.0 Å². The van der Waals surface area contributed by atoms with Gasteiger partial charge in [-0.3, -0.25) is 9.97 Å². The van der Waals surface area contributed by atoms with Gasteiger partial charge in [-0.25, -0.2) is 9.97 Å². The maximum absolute atomic E-state index is 6.61. The molecule has 4 aromatic heterocycles. The first-order chi connectivity index (χ1) is 30.0. The van der Waals surface area contributed by atoms with E-state index in [1.54, 1.807) is 18.5 Å². The Hall–Kier alpha value is -6.52. The molecule has 306 valence electrons. The molecule has 0 saturated carbocycles. The van der Waals surface area contributed by atoms with E-state index < -0.39 is 10.8 Å². The Balaban J connectivity index is 0.00000236. The average Bonchev–Trinajstić information content (AvgIpc) is 3.88. The van der Waals surface area contributed by atoms with E-state index in [1.807, 2.05) is 77.6 Å². The number of aromatic nitrogens is 5. The van der Waals surface area contributed by atoms with Crippen LogP contribution in [0.1, 0.15) is 47.5 Å². The minimum Gasteiger partial charge on any atom is -0.509 e. The second-order valence-electron chi connectivity index (χ2n) is 15.8. The molecular weight excluding hydrogens is 1140 g/mol. The van der Waals surface area contributed by atoms with Gasteiger partial charge in [0.2, 0.25) is 5.95 Å². The van der Waals surface area contributed by atoms with Gasteiger partial charge in [0.1, 0.15) is 0 Å². The Morgan fingerprint density at radius 3 is 1.29 bits per heavy atom. The molecule has 0 spiro atoms.